The Bertz CT molecular complexity index is 1010. The monoisotopic (exact) mass is 429 g/mol. The van der Waals surface area contributed by atoms with Crippen molar-refractivity contribution in [3.05, 3.63) is 59.7 Å². The minimum absolute atomic E-state index is 0.126. The highest BCUT2D eigenvalue weighted by Gasteiger charge is 2.27. The SMILES string of the molecule is CCc1ccc(S(=O)(=O)NC2CCN(C(=O)c3cccc(NC(C)=O)c3)CC2)cc1. The van der Waals surface area contributed by atoms with Gasteiger partial charge in [-0.2, -0.15) is 0 Å². The summed E-state index contributed by atoms with van der Waals surface area (Å²) in [6.07, 6.45) is 1.95. The molecule has 2 amide bonds. The number of hydrogen-bond donors (Lipinski definition) is 2. The van der Waals surface area contributed by atoms with E-state index in [2.05, 4.69) is 10.0 Å². The first-order valence-corrected chi connectivity index (χ1v) is 11.5. The third-order valence-corrected chi connectivity index (χ3v) is 6.71. The number of nitrogens with one attached hydrogen (secondary N) is 2. The van der Waals surface area contributed by atoms with E-state index in [0.717, 1.165) is 12.0 Å². The second-order valence-corrected chi connectivity index (χ2v) is 9.16. The summed E-state index contributed by atoms with van der Waals surface area (Å²) in [5, 5.41) is 2.67. The molecule has 8 heteroatoms. The van der Waals surface area contributed by atoms with Gasteiger partial charge >= 0.3 is 0 Å². The Hall–Kier alpha value is -2.71. The fraction of sp³-hybridized carbons (Fsp3) is 0.364. The minimum atomic E-state index is -3.59. The summed E-state index contributed by atoms with van der Waals surface area (Å²) in [5.41, 5.74) is 2.16. The predicted molar refractivity (Wildman–Crippen MR) is 116 cm³/mol. The van der Waals surface area contributed by atoms with Gasteiger partial charge in [0.1, 0.15) is 0 Å². The molecule has 0 atom stereocenters. The topological polar surface area (TPSA) is 95.6 Å². The number of amides is 2. The van der Waals surface area contributed by atoms with E-state index in [9.17, 15) is 18.0 Å². The maximum atomic E-state index is 12.8. The molecule has 160 valence electrons. The fourth-order valence-corrected chi connectivity index (χ4v) is 4.81. The zero-order chi connectivity index (χ0) is 21.7. The van der Waals surface area contributed by atoms with Crippen LogP contribution >= 0.6 is 0 Å². The van der Waals surface area contributed by atoms with E-state index in [1.807, 2.05) is 19.1 Å². The molecule has 7 nitrogen and oxygen atoms in total. The smallest absolute Gasteiger partial charge is 0.253 e. The molecule has 0 saturated carbocycles. The molecule has 2 aromatic carbocycles. The molecule has 0 aliphatic carbocycles. The summed E-state index contributed by atoms with van der Waals surface area (Å²) < 4.78 is 28.0. The van der Waals surface area contributed by atoms with Gasteiger partial charge in [-0.25, -0.2) is 13.1 Å². The van der Waals surface area contributed by atoms with Crippen LogP contribution in [0.2, 0.25) is 0 Å². The van der Waals surface area contributed by atoms with Crippen LogP contribution < -0.4 is 10.0 Å². The van der Waals surface area contributed by atoms with Gasteiger partial charge in [-0.1, -0.05) is 25.1 Å². The maximum absolute atomic E-state index is 12.8. The number of benzene rings is 2. The standard InChI is InChI=1S/C22H27N3O4S/c1-3-17-7-9-21(10-8-17)30(28,29)24-19-11-13-25(14-12-19)22(27)18-5-4-6-20(15-18)23-16(2)26/h4-10,15,19,24H,3,11-14H2,1-2H3,(H,23,26). The number of hydrogen-bond acceptors (Lipinski definition) is 4. The van der Waals surface area contributed by atoms with Crippen LogP contribution in [0.4, 0.5) is 5.69 Å². The first-order chi connectivity index (χ1) is 14.3. The largest absolute Gasteiger partial charge is 0.339 e. The third kappa shape index (κ3) is 5.46. The van der Waals surface area contributed by atoms with E-state index in [1.54, 1.807) is 41.3 Å². The summed E-state index contributed by atoms with van der Waals surface area (Å²) in [6.45, 7) is 4.36. The number of piperidine rings is 1. The van der Waals surface area contributed by atoms with Crippen LogP contribution in [0.5, 0.6) is 0 Å². The van der Waals surface area contributed by atoms with Crippen LogP contribution in [0.15, 0.2) is 53.4 Å². The zero-order valence-electron chi connectivity index (χ0n) is 17.2. The van der Waals surface area contributed by atoms with Crippen molar-refractivity contribution in [3.8, 4) is 0 Å². The van der Waals surface area contributed by atoms with Crippen LogP contribution in [0.1, 0.15) is 42.6 Å². The number of rotatable bonds is 6. The first kappa shape index (κ1) is 22.0. The van der Waals surface area contributed by atoms with Crippen molar-refractivity contribution in [3.63, 3.8) is 0 Å². The zero-order valence-corrected chi connectivity index (χ0v) is 18.0. The van der Waals surface area contributed by atoms with Gasteiger partial charge in [-0.3, -0.25) is 9.59 Å². The molecular weight excluding hydrogens is 402 g/mol. The predicted octanol–water partition coefficient (Wildman–Crippen LogP) is 2.79. The number of sulfonamides is 1. The molecule has 0 radical (unpaired) electrons. The molecular formula is C22H27N3O4S. The average molecular weight is 430 g/mol. The Labute approximate surface area is 177 Å². The molecule has 30 heavy (non-hydrogen) atoms. The van der Waals surface area contributed by atoms with E-state index in [4.69, 9.17) is 0 Å². The third-order valence-electron chi connectivity index (χ3n) is 5.18. The molecule has 1 saturated heterocycles. The number of nitrogens with zero attached hydrogens (tertiary/aromatic N) is 1. The van der Waals surface area contributed by atoms with Gasteiger partial charge in [-0.15, -0.1) is 0 Å². The average Bonchev–Trinajstić information content (AvgIpc) is 2.73. The number of anilines is 1. The van der Waals surface area contributed by atoms with Crippen molar-refractivity contribution in [1.29, 1.82) is 0 Å². The van der Waals surface area contributed by atoms with E-state index >= 15 is 0 Å². The molecule has 0 aromatic heterocycles. The Morgan fingerprint density at radius 1 is 1.07 bits per heavy atom. The quantitative estimate of drug-likeness (QED) is 0.738. The molecule has 1 fully saturated rings. The second-order valence-electron chi connectivity index (χ2n) is 7.45. The van der Waals surface area contributed by atoms with Crippen molar-refractivity contribution >= 4 is 27.5 Å². The lowest BCUT2D eigenvalue weighted by Gasteiger charge is -2.32. The highest BCUT2D eigenvalue weighted by Crippen LogP contribution is 2.19. The Balaban J connectivity index is 1.59. The maximum Gasteiger partial charge on any atom is 0.253 e. The van der Waals surface area contributed by atoms with Gasteiger partial charge in [-0.05, 0) is 55.2 Å². The van der Waals surface area contributed by atoms with Crippen molar-refractivity contribution in [2.24, 2.45) is 0 Å². The molecule has 0 unspecified atom stereocenters. The van der Waals surface area contributed by atoms with Gasteiger partial charge in [0.25, 0.3) is 5.91 Å². The van der Waals surface area contributed by atoms with Crippen molar-refractivity contribution in [2.45, 2.75) is 44.0 Å². The van der Waals surface area contributed by atoms with Gasteiger partial charge < -0.3 is 10.2 Å². The number of likely N-dealkylation sites (tertiary alicyclic amines) is 1. The molecule has 2 N–H and O–H groups in total. The van der Waals surface area contributed by atoms with Gasteiger partial charge in [0.15, 0.2) is 0 Å². The number of carbonyl (C=O) groups is 2. The molecule has 1 aliphatic rings. The number of carbonyl (C=O) groups excluding carboxylic acids is 2. The second kappa shape index (κ2) is 9.40. The summed E-state index contributed by atoms with van der Waals surface area (Å²) in [7, 11) is -3.59. The highest BCUT2D eigenvalue weighted by molar-refractivity contribution is 7.89. The Morgan fingerprint density at radius 3 is 2.33 bits per heavy atom. The van der Waals surface area contributed by atoms with E-state index < -0.39 is 10.0 Å². The van der Waals surface area contributed by atoms with E-state index in [0.29, 0.717) is 37.2 Å². The highest BCUT2D eigenvalue weighted by atomic mass is 32.2. The lowest BCUT2D eigenvalue weighted by atomic mass is 10.0. The normalized spacial score (nSPS) is 15.1. The summed E-state index contributed by atoms with van der Waals surface area (Å²) in [5.74, 6) is -0.323. The van der Waals surface area contributed by atoms with Gasteiger partial charge in [0, 0.05) is 37.3 Å². The molecule has 0 spiro atoms. The summed E-state index contributed by atoms with van der Waals surface area (Å²) >= 11 is 0. The van der Waals surface area contributed by atoms with Crippen LogP contribution in [-0.2, 0) is 21.2 Å². The molecule has 2 aromatic rings. The van der Waals surface area contributed by atoms with Crippen LogP contribution in [0.3, 0.4) is 0 Å². The van der Waals surface area contributed by atoms with Crippen LogP contribution in [0, 0.1) is 0 Å². The van der Waals surface area contributed by atoms with Crippen LogP contribution in [-0.4, -0.2) is 44.3 Å². The Morgan fingerprint density at radius 2 is 1.73 bits per heavy atom. The summed E-state index contributed by atoms with van der Waals surface area (Å²) in [4.78, 5) is 26.0. The van der Waals surface area contributed by atoms with Crippen molar-refractivity contribution in [1.82, 2.24) is 9.62 Å². The molecule has 1 aliphatic heterocycles. The van der Waals surface area contributed by atoms with Gasteiger partial charge in [0.2, 0.25) is 15.9 Å². The Kier molecular flexibility index (Phi) is 6.89. The first-order valence-electron chi connectivity index (χ1n) is 10.1. The van der Waals surface area contributed by atoms with Crippen molar-refractivity contribution in [2.75, 3.05) is 18.4 Å². The van der Waals surface area contributed by atoms with Gasteiger partial charge in [0.05, 0.1) is 4.90 Å². The minimum Gasteiger partial charge on any atom is -0.339 e. The van der Waals surface area contributed by atoms with E-state index in [-0.39, 0.29) is 22.8 Å². The van der Waals surface area contributed by atoms with Crippen molar-refractivity contribution < 1.29 is 18.0 Å². The summed E-state index contributed by atoms with van der Waals surface area (Å²) in [6, 6.07) is 13.5. The lowest BCUT2D eigenvalue weighted by Crippen LogP contribution is -2.46. The van der Waals surface area contributed by atoms with E-state index in [1.165, 1.54) is 6.92 Å². The fourth-order valence-electron chi connectivity index (χ4n) is 3.51. The number of aryl methyl sites for hydroxylation is 1. The van der Waals surface area contributed by atoms with Crippen LogP contribution in [0.25, 0.3) is 0 Å². The molecule has 3 rings (SSSR count). The lowest BCUT2D eigenvalue weighted by molar-refractivity contribution is -0.114. The molecule has 0 bridgehead atoms. The molecule has 1 heterocycles.